The Bertz CT molecular complexity index is 500. The zero-order valence-electron chi connectivity index (χ0n) is 23.4. The summed E-state index contributed by atoms with van der Waals surface area (Å²) in [5, 5.41) is 9.38. The number of unbranched alkanes of at least 4 members (excludes halogenated alkanes) is 19. The van der Waals surface area contributed by atoms with Crippen molar-refractivity contribution in [2.45, 2.75) is 174 Å². The lowest BCUT2D eigenvalue weighted by atomic mass is 10.0. The normalized spacial score (nSPS) is 12.3. The van der Waals surface area contributed by atoms with Crippen LogP contribution in [0.1, 0.15) is 168 Å². The number of hydrogen-bond acceptors (Lipinski definition) is 3. The van der Waals surface area contributed by atoms with Crippen molar-refractivity contribution in [3.05, 3.63) is 12.2 Å². The third-order valence-electron chi connectivity index (χ3n) is 6.76. The second-order valence-electron chi connectivity index (χ2n) is 10.3. The number of rotatable bonds is 27. The maximum atomic E-state index is 12.1. The number of esters is 1. The molecule has 1 unspecified atom stereocenters. The first-order valence-electron chi connectivity index (χ1n) is 15.2. The number of carboxylic acid groups (broad SMARTS) is 1. The van der Waals surface area contributed by atoms with Crippen LogP contribution in [0.3, 0.4) is 0 Å². The quantitative estimate of drug-likeness (QED) is 0.0701. The number of allylic oxidation sites excluding steroid dienone is 2. The Morgan fingerprint density at radius 1 is 0.600 bits per heavy atom. The van der Waals surface area contributed by atoms with Crippen molar-refractivity contribution in [3.8, 4) is 0 Å². The molecule has 0 rings (SSSR count). The van der Waals surface area contributed by atoms with Gasteiger partial charge in [0, 0.05) is 6.42 Å². The van der Waals surface area contributed by atoms with E-state index in [1.807, 2.05) is 0 Å². The largest absolute Gasteiger partial charge is 0.479 e. The molecule has 0 saturated heterocycles. The van der Waals surface area contributed by atoms with E-state index >= 15 is 0 Å². The molecule has 0 aromatic carbocycles. The molecule has 0 bridgehead atoms. The van der Waals surface area contributed by atoms with Gasteiger partial charge in [-0.15, -0.1) is 0 Å². The van der Waals surface area contributed by atoms with Crippen LogP contribution < -0.4 is 0 Å². The lowest BCUT2D eigenvalue weighted by Gasteiger charge is -2.13. The van der Waals surface area contributed by atoms with Crippen LogP contribution in [0.25, 0.3) is 0 Å². The molecule has 206 valence electrons. The lowest BCUT2D eigenvalue weighted by molar-refractivity contribution is -0.164. The topological polar surface area (TPSA) is 63.6 Å². The summed E-state index contributed by atoms with van der Waals surface area (Å²) in [6, 6.07) is 0. The van der Waals surface area contributed by atoms with Crippen molar-refractivity contribution >= 4 is 11.9 Å². The molecule has 0 radical (unpaired) electrons. The SMILES string of the molecule is CCCCCCC/C=C\CCCCCCCC(=O)OC(CCCCCCCCCCCC)C(=O)O. The van der Waals surface area contributed by atoms with Gasteiger partial charge in [-0.2, -0.15) is 0 Å². The van der Waals surface area contributed by atoms with Gasteiger partial charge >= 0.3 is 11.9 Å². The molecule has 1 N–H and O–H groups in total. The van der Waals surface area contributed by atoms with E-state index in [9.17, 15) is 14.7 Å². The number of carboxylic acids is 1. The first kappa shape index (κ1) is 33.7. The highest BCUT2D eigenvalue weighted by atomic mass is 16.6. The predicted octanol–water partition coefficient (Wildman–Crippen LogP) is 9.94. The molecule has 0 aliphatic heterocycles. The van der Waals surface area contributed by atoms with Gasteiger partial charge < -0.3 is 9.84 Å². The first-order valence-corrected chi connectivity index (χ1v) is 15.2. The molecule has 0 amide bonds. The van der Waals surface area contributed by atoms with Crippen molar-refractivity contribution in [3.63, 3.8) is 0 Å². The minimum Gasteiger partial charge on any atom is -0.479 e. The fraction of sp³-hybridized carbons (Fsp3) is 0.871. The van der Waals surface area contributed by atoms with Crippen LogP contribution in [0.5, 0.6) is 0 Å². The summed E-state index contributed by atoms with van der Waals surface area (Å²) < 4.78 is 5.26. The van der Waals surface area contributed by atoms with E-state index in [2.05, 4.69) is 26.0 Å². The van der Waals surface area contributed by atoms with E-state index in [0.717, 1.165) is 44.9 Å². The van der Waals surface area contributed by atoms with Gasteiger partial charge in [0.15, 0.2) is 6.10 Å². The zero-order valence-corrected chi connectivity index (χ0v) is 23.4. The summed E-state index contributed by atoms with van der Waals surface area (Å²) in [6.45, 7) is 4.49. The molecule has 0 aliphatic rings. The molecule has 0 saturated carbocycles. The average molecular weight is 495 g/mol. The van der Waals surface area contributed by atoms with Crippen molar-refractivity contribution < 1.29 is 19.4 Å². The number of carbonyl (C=O) groups excluding carboxylic acids is 1. The van der Waals surface area contributed by atoms with E-state index in [1.165, 1.54) is 96.3 Å². The van der Waals surface area contributed by atoms with E-state index in [4.69, 9.17) is 4.74 Å². The van der Waals surface area contributed by atoms with Crippen LogP contribution in [0.2, 0.25) is 0 Å². The number of ether oxygens (including phenoxy) is 1. The molecule has 0 fully saturated rings. The predicted molar refractivity (Wildman–Crippen MR) is 149 cm³/mol. The summed E-state index contributed by atoms with van der Waals surface area (Å²) in [5.74, 6) is -1.37. The standard InChI is InChI=1S/C31H58O4/c1-3-5-7-9-11-13-15-16-17-18-20-22-24-26-28-30(32)35-29(31(33)34)27-25-23-21-19-14-12-10-8-6-4-2/h15-16,29H,3-14,17-28H2,1-2H3,(H,33,34)/b16-15-. The third-order valence-corrected chi connectivity index (χ3v) is 6.76. The van der Waals surface area contributed by atoms with Gasteiger partial charge in [-0.3, -0.25) is 4.79 Å². The Morgan fingerprint density at radius 2 is 1.00 bits per heavy atom. The first-order chi connectivity index (χ1) is 17.1. The van der Waals surface area contributed by atoms with Gasteiger partial charge in [0.2, 0.25) is 0 Å². The molecule has 1 atom stereocenters. The summed E-state index contributed by atoms with van der Waals surface area (Å²) >= 11 is 0. The van der Waals surface area contributed by atoms with Crippen LogP contribution in [0.15, 0.2) is 12.2 Å². The maximum Gasteiger partial charge on any atom is 0.345 e. The Morgan fingerprint density at radius 3 is 1.46 bits per heavy atom. The highest BCUT2D eigenvalue weighted by Crippen LogP contribution is 2.15. The maximum absolute atomic E-state index is 12.1. The molecule has 0 heterocycles. The minimum atomic E-state index is -1.01. The number of carbonyl (C=O) groups is 2. The molecule has 0 aliphatic carbocycles. The fourth-order valence-corrected chi connectivity index (χ4v) is 4.43. The summed E-state index contributed by atoms with van der Waals surface area (Å²) in [5.41, 5.74) is 0. The third kappa shape index (κ3) is 25.6. The Kier molecular flexibility index (Phi) is 26.2. The van der Waals surface area contributed by atoms with Crippen LogP contribution >= 0.6 is 0 Å². The van der Waals surface area contributed by atoms with Gasteiger partial charge in [-0.05, 0) is 44.9 Å². The van der Waals surface area contributed by atoms with Crippen molar-refractivity contribution in [1.29, 1.82) is 0 Å². The van der Waals surface area contributed by atoms with Gasteiger partial charge in [0.05, 0.1) is 0 Å². The summed E-state index contributed by atoms with van der Waals surface area (Å²) in [4.78, 5) is 23.5. The highest BCUT2D eigenvalue weighted by molar-refractivity contribution is 5.77. The molecule has 35 heavy (non-hydrogen) atoms. The van der Waals surface area contributed by atoms with Crippen molar-refractivity contribution in [1.82, 2.24) is 0 Å². The van der Waals surface area contributed by atoms with E-state index in [0.29, 0.717) is 12.8 Å². The minimum absolute atomic E-state index is 0.333. The van der Waals surface area contributed by atoms with Crippen LogP contribution in [0.4, 0.5) is 0 Å². The zero-order chi connectivity index (χ0) is 25.8. The Hall–Kier alpha value is -1.32. The van der Waals surface area contributed by atoms with Crippen LogP contribution in [-0.2, 0) is 14.3 Å². The lowest BCUT2D eigenvalue weighted by Crippen LogP contribution is -2.27. The van der Waals surface area contributed by atoms with Gasteiger partial charge in [-0.1, -0.05) is 129 Å². The van der Waals surface area contributed by atoms with E-state index in [1.54, 1.807) is 0 Å². The van der Waals surface area contributed by atoms with Crippen molar-refractivity contribution in [2.75, 3.05) is 0 Å². The van der Waals surface area contributed by atoms with E-state index in [-0.39, 0.29) is 5.97 Å². The van der Waals surface area contributed by atoms with E-state index < -0.39 is 12.1 Å². The van der Waals surface area contributed by atoms with Gasteiger partial charge in [-0.25, -0.2) is 4.79 Å². The second kappa shape index (κ2) is 27.3. The molecular weight excluding hydrogens is 436 g/mol. The monoisotopic (exact) mass is 494 g/mol. The molecule has 4 heteroatoms. The molecule has 0 spiro atoms. The fourth-order valence-electron chi connectivity index (χ4n) is 4.43. The Labute approximate surface area is 217 Å². The van der Waals surface area contributed by atoms with Crippen LogP contribution in [-0.4, -0.2) is 23.1 Å². The second-order valence-corrected chi connectivity index (χ2v) is 10.3. The van der Waals surface area contributed by atoms with Crippen LogP contribution in [0, 0.1) is 0 Å². The van der Waals surface area contributed by atoms with Gasteiger partial charge in [0.25, 0.3) is 0 Å². The number of hydrogen-bond donors (Lipinski definition) is 1. The molecule has 0 aromatic heterocycles. The van der Waals surface area contributed by atoms with Gasteiger partial charge in [0.1, 0.15) is 0 Å². The molecule has 0 aromatic rings. The molecular formula is C31H58O4. The molecule has 4 nitrogen and oxygen atoms in total. The summed E-state index contributed by atoms with van der Waals surface area (Å²) in [6.07, 6.45) is 30.9. The average Bonchev–Trinajstić information content (AvgIpc) is 2.84. The van der Waals surface area contributed by atoms with Crippen molar-refractivity contribution in [2.24, 2.45) is 0 Å². The Balaban J connectivity index is 3.61. The number of aliphatic carboxylic acids is 1. The smallest absolute Gasteiger partial charge is 0.345 e. The highest BCUT2D eigenvalue weighted by Gasteiger charge is 2.21. The summed E-state index contributed by atoms with van der Waals surface area (Å²) in [7, 11) is 0.